The maximum atomic E-state index is 13.0. The quantitative estimate of drug-likeness (QED) is 0.581. The van der Waals surface area contributed by atoms with Crippen molar-refractivity contribution in [3.63, 3.8) is 0 Å². The number of hydrogen-bond acceptors (Lipinski definition) is 3. The van der Waals surface area contributed by atoms with Crippen LogP contribution in [0.25, 0.3) is 10.1 Å². The van der Waals surface area contributed by atoms with Crippen LogP contribution >= 0.6 is 11.3 Å². The number of hydrogen-bond donors (Lipinski definition) is 1. The number of carbonyl (C=O) groups is 1. The third-order valence-corrected chi connectivity index (χ3v) is 6.60. The second-order valence-corrected chi connectivity index (χ2v) is 8.50. The Hall–Kier alpha value is -2.38. The average Bonchev–Trinajstić information content (AvgIpc) is 3.11. The molecule has 0 amide bonds. The lowest BCUT2D eigenvalue weighted by Crippen LogP contribution is -2.41. The second kappa shape index (κ2) is 7.80. The summed E-state index contributed by atoms with van der Waals surface area (Å²) < 4.78 is 40.1. The molecule has 152 valence electrons. The maximum Gasteiger partial charge on any atom is 0.416 e. The number of rotatable bonds is 4. The number of carboxylic acids is 1. The van der Waals surface area contributed by atoms with Crippen molar-refractivity contribution in [1.29, 1.82) is 0 Å². The first-order chi connectivity index (χ1) is 13.8. The van der Waals surface area contributed by atoms with Gasteiger partial charge in [0.05, 0.1) is 17.5 Å². The van der Waals surface area contributed by atoms with Gasteiger partial charge in [-0.3, -0.25) is 9.69 Å². The molecule has 0 bridgehead atoms. The molecule has 1 fully saturated rings. The van der Waals surface area contributed by atoms with Crippen molar-refractivity contribution in [2.75, 3.05) is 13.1 Å². The third-order valence-electron chi connectivity index (χ3n) is 5.44. The smallest absolute Gasteiger partial charge is 0.416 e. The summed E-state index contributed by atoms with van der Waals surface area (Å²) in [7, 11) is 0. The Morgan fingerprint density at radius 1 is 1.14 bits per heavy atom. The van der Waals surface area contributed by atoms with Crippen molar-refractivity contribution in [1.82, 2.24) is 4.90 Å². The first-order valence-electron chi connectivity index (χ1n) is 9.45. The zero-order valence-electron chi connectivity index (χ0n) is 15.5. The Morgan fingerprint density at radius 2 is 1.86 bits per heavy atom. The van der Waals surface area contributed by atoms with Crippen molar-refractivity contribution in [2.45, 2.75) is 25.1 Å². The lowest BCUT2D eigenvalue weighted by molar-refractivity contribution is -0.144. The summed E-state index contributed by atoms with van der Waals surface area (Å²) in [5.41, 5.74) is 0.0639. The fourth-order valence-corrected chi connectivity index (χ4v) is 5.22. The summed E-state index contributed by atoms with van der Waals surface area (Å²) in [6, 6.07) is 15.0. The minimum atomic E-state index is -4.38. The highest BCUT2D eigenvalue weighted by molar-refractivity contribution is 7.19. The van der Waals surface area contributed by atoms with Gasteiger partial charge in [0, 0.05) is 16.1 Å². The van der Waals surface area contributed by atoms with Crippen LogP contribution in [-0.4, -0.2) is 29.1 Å². The van der Waals surface area contributed by atoms with E-state index in [1.54, 1.807) is 11.3 Å². The van der Waals surface area contributed by atoms with Gasteiger partial charge in [-0.15, -0.1) is 11.3 Å². The van der Waals surface area contributed by atoms with E-state index in [9.17, 15) is 23.1 Å². The monoisotopic (exact) mass is 419 g/mol. The molecule has 1 aliphatic rings. The highest BCUT2D eigenvalue weighted by Crippen LogP contribution is 2.39. The predicted octanol–water partition coefficient (Wildman–Crippen LogP) is 5.81. The minimum absolute atomic E-state index is 0.267. The molecule has 0 spiro atoms. The van der Waals surface area contributed by atoms with Crippen LogP contribution in [0.2, 0.25) is 0 Å². The molecule has 2 heterocycles. The van der Waals surface area contributed by atoms with E-state index in [-0.39, 0.29) is 6.04 Å². The fraction of sp³-hybridized carbons (Fsp3) is 0.318. The van der Waals surface area contributed by atoms with Gasteiger partial charge in [0.25, 0.3) is 0 Å². The van der Waals surface area contributed by atoms with Crippen LogP contribution in [0.4, 0.5) is 13.2 Å². The zero-order valence-corrected chi connectivity index (χ0v) is 16.3. The summed E-state index contributed by atoms with van der Waals surface area (Å²) in [6.45, 7) is 1.10. The Morgan fingerprint density at radius 3 is 2.52 bits per heavy atom. The van der Waals surface area contributed by atoms with Gasteiger partial charge >= 0.3 is 12.1 Å². The number of piperidine rings is 1. The van der Waals surface area contributed by atoms with Crippen LogP contribution in [0, 0.1) is 5.92 Å². The van der Waals surface area contributed by atoms with Crippen LogP contribution in [-0.2, 0) is 11.0 Å². The van der Waals surface area contributed by atoms with Gasteiger partial charge in [0.2, 0.25) is 0 Å². The Kier molecular flexibility index (Phi) is 5.36. The first kappa shape index (κ1) is 19.9. The van der Waals surface area contributed by atoms with Crippen molar-refractivity contribution in [2.24, 2.45) is 5.92 Å². The van der Waals surface area contributed by atoms with Gasteiger partial charge in [0.15, 0.2) is 0 Å². The molecule has 3 nitrogen and oxygen atoms in total. The Balaban J connectivity index is 1.75. The molecule has 2 unspecified atom stereocenters. The molecule has 4 rings (SSSR count). The van der Waals surface area contributed by atoms with Gasteiger partial charge in [-0.25, -0.2) is 0 Å². The number of halogens is 3. The van der Waals surface area contributed by atoms with Crippen LogP contribution < -0.4 is 0 Å². The number of aliphatic carboxylic acids is 1. The van der Waals surface area contributed by atoms with E-state index in [0.717, 1.165) is 39.1 Å². The molecule has 2 aromatic carbocycles. The fourth-order valence-electron chi connectivity index (χ4n) is 3.99. The van der Waals surface area contributed by atoms with Gasteiger partial charge in [-0.1, -0.05) is 30.3 Å². The number of nitrogens with zero attached hydrogens (tertiary/aromatic N) is 1. The van der Waals surface area contributed by atoms with Gasteiger partial charge in [-0.05, 0) is 54.6 Å². The molecular weight excluding hydrogens is 399 g/mol. The summed E-state index contributed by atoms with van der Waals surface area (Å²) >= 11 is 1.60. The van der Waals surface area contributed by atoms with Gasteiger partial charge in [-0.2, -0.15) is 13.2 Å². The Bertz CT molecular complexity index is 980. The standard InChI is InChI=1S/C22H20F3NO2S/c23-22(24,25)17-9-7-14(8-10-17)20(26-11-3-5-16(13-26)21(27)28)19-12-15-4-1-2-6-18(15)29-19/h1-2,4,6-10,12,16,20H,3,5,11,13H2,(H,27,28). The van der Waals surface area contributed by atoms with Gasteiger partial charge < -0.3 is 5.11 Å². The number of fused-ring (bicyclic) bond motifs is 1. The van der Waals surface area contributed by atoms with E-state index in [0.29, 0.717) is 19.5 Å². The van der Waals surface area contributed by atoms with Crippen LogP contribution in [0.1, 0.15) is 34.9 Å². The largest absolute Gasteiger partial charge is 0.481 e. The van der Waals surface area contributed by atoms with Crippen molar-refractivity contribution in [3.8, 4) is 0 Å². The van der Waals surface area contributed by atoms with E-state index in [1.807, 2.05) is 24.3 Å². The molecular formula is C22H20F3NO2S. The van der Waals surface area contributed by atoms with E-state index >= 15 is 0 Å². The molecule has 0 radical (unpaired) electrons. The third kappa shape index (κ3) is 4.16. The van der Waals surface area contributed by atoms with Crippen molar-refractivity contribution in [3.05, 3.63) is 70.6 Å². The van der Waals surface area contributed by atoms with Gasteiger partial charge in [0.1, 0.15) is 0 Å². The second-order valence-electron chi connectivity index (χ2n) is 7.38. The topological polar surface area (TPSA) is 40.5 Å². The minimum Gasteiger partial charge on any atom is -0.481 e. The van der Waals surface area contributed by atoms with Crippen LogP contribution in [0.3, 0.4) is 0 Å². The molecule has 1 aliphatic heterocycles. The summed E-state index contributed by atoms with van der Waals surface area (Å²) in [5, 5.41) is 10.5. The molecule has 7 heteroatoms. The zero-order chi connectivity index (χ0) is 20.6. The maximum absolute atomic E-state index is 13.0. The average molecular weight is 419 g/mol. The number of benzene rings is 2. The number of thiophene rings is 1. The molecule has 3 aromatic rings. The molecule has 1 aromatic heterocycles. The number of likely N-dealkylation sites (tertiary alicyclic amines) is 1. The van der Waals surface area contributed by atoms with Crippen molar-refractivity contribution >= 4 is 27.4 Å². The molecule has 2 atom stereocenters. The highest BCUT2D eigenvalue weighted by atomic mass is 32.1. The molecule has 29 heavy (non-hydrogen) atoms. The summed E-state index contributed by atoms with van der Waals surface area (Å²) in [6.07, 6.45) is -3.01. The van der Waals surface area contributed by atoms with Crippen molar-refractivity contribution < 1.29 is 23.1 Å². The lowest BCUT2D eigenvalue weighted by Gasteiger charge is -2.37. The van der Waals surface area contributed by atoms with E-state index < -0.39 is 23.6 Å². The van der Waals surface area contributed by atoms with E-state index in [1.165, 1.54) is 12.1 Å². The molecule has 0 aliphatic carbocycles. The number of carboxylic acid groups (broad SMARTS) is 1. The van der Waals surface area contributed by atoms with E-state index in [2.05, 4.69) is 11.0 Å². The molecule has 1 N–H and O–H groups in total. The first-order valence-corrected chi connectivity index (χ1v) is 10.3. The Labute approximate surface area is 170 Å². The highest BCUT2D eigenvalue weighted by Gasteiger charge is 2.34. The molecule has 0 saturated carbocycles. The van der Waals surface area contributed by atoms with E-state index in [4.69, 9.17) is 0 Å². The van der Waals surface area contributed by atoms with Crippen LogP contribution in [0.5, 0.6) is 0 Å². The number of alkyl halides is 3. The lowest BCUT2D eigenvalue weighted by atomic mass is 9.93. The predicted molar refractivity (Wildman–Crippen MR) is 107 cm³/mol. The summed E-state index contributed by atoms with van der Waals surface area (Å²) in [5.74, 6) is -1.28. The normalized spacial score (nSPS) is 19.3. The summed E-state index contributed by atoms with van der Waals surface area (Å²) in [4.78, 5) is 14.6. The SMILES string of the molecule is O=C(O)C1CCCN(C(c2ccc(C(F)(F)F)cc2)c2cc3ccccc3s2)C1. The van der Waals surface area contributed by atoms with Crippen LogP contribution in [0.15, 0.2) is 54.6 Å². The molecule has 1 saturated heterocycles.